The van der Waals surface area contributed by atoms with Gasteiger partial charge in [-0.25, -0.2) is 4.39 Å². The molecule has 0 spiro atoms. The molecule has 0 saturated carbocycles. The third-order valence-corrected chi connectivity index (χ3v) is 2.25. The lowest BCUT2D eigenvalue weighted by Gasteiger charge is -2.13. The van der Waals surface area contributed by atoms with Gasteiger partial charge < -0.3 is 5.32 Å². The van der Waals surface area contributed by atoms with E-state index in [1.807, 2.05) is 6.92 Å². The van der Waals surface area contributed by atoms with Crippen molar-refractivity contribution in [2.45, 2.75) is 13.0 Å². The van der Waals surface area contributed by atoms with Gasteiger partial charge in [-0.05, 0) is 24.6 Å². The first-order chi connectivity index (χ1) is 6.59. The molecule has 0 radical (unpaired) electrons. The molecule has 0 aliphatic heterocycles. The average Bonchev–Trinajstić information content (AvgIpc) is 2.15. The van der Waals surface area contributed by atoms with Gasteiger partial charge in [0.05, 0.1) is 0 Å². The van der Waals surface area contributed by atoms with Crippen molar-refractivity contribution in [2.75, 3.05) is 6.54 Å². The SMILES string of the molecule is C=C(Br)CN[C@H](C)c1ccc(F)cc1. The van der Waals surface area contributed by atoms with Crippen LogP contribution in [0.4, 0.5) is 4.39 Å². The molecule has 76 valence electrons. The highest BCUT2D eigenvalue weighted by atomic mass is 79.9. The van der Waals surface area contributed by atoms with Crippen LogP contribution >= 0.6 is 15.9 Å². The van der Waals surface area contributed by atoms with Crippen molar-refractivity contribution in [2.24, 2.45) is 0 Å². The summed E-state index contributed by atoms with van der Waals surface area (Å²) in [6, 6.07) is 6.70. The van der Waals surface area contributed by atoms with Gasteiger partial charge in [-0.3, -0.25) is 0 Å². The van der Waals surface area contributed by atoms with Gasteiger partial charge in [0, 0.05) is 17.1 Å². The maximum Gasteiger partial charge on any atom is 0.123 e. The Morgan fingerprint density at radius 2 is 2.07 bits per heavy atom. The fourth-order valence-corrected chi connectivity index (χ4v) is 1.30. The molecule has 1 aromatic rings. The van der Waals surface area contributed by atoms with Crippen molar-refractivity contribution < 1.29 is 4.39 Å². The van der Waals surface area contributed by atoms with Crippen molar-refractivity contribution in [3.63, 3.8) is 0 Å². The molecule has 1 aromatic carbocycles. The molecule has 0 amide bonds. The maximum absolute atomic E-state index is 12.6. The van der Waals surface area contributed by atoms with Crippen LogP contribution in [0.25, 0.3) is 0 Å². The summed E-state index contributed by atoms with van der Waals surface area (Å²) in [4.78, 5) is 0. The molecule has 1 rings (SSSR count). The first-order valence-electron chi connectivity index (χ1n) is 4.41. The van der Waals surface area contributed by atoms with E-state index in [0.29, 0.717) is 6.54 Å². The molecule has 0 fully saturated rings. The van der Waals surface area contributed by atoms with E-state index in [1.54, 1.807) is 12.1 Å². The molecule has 0 aliphatic rings. The van der Waals surface area contributed by atoms with Crippen LogP contribution in [0.5, 0.6) is 0 Å². The predicted octanol–water partition coefficient (Wildman–Crippen LogP) is 3.38. The molecule has 0 heterocycles. The highest BCUT2D eigenvalue weighted by Crippen LogP contribution is 2.13. The molecule has 1 atom stereocenters. The fourth-order valence-electron chi connectivity index (χ4n) is 1.13. The van der Waals surface area contributed by atoms with E-state index in [0.717, 1.165) is 10.0 Å². The van der Waals surface area contributed by atoms with Crippen LogP contribution in [0.2, 0.25) is 0 Å². The molecule has 14 heavy (non-hydrogen) atoms. The third kappa shape index (κ3) is 3.60. The lowest BCUT2D eigenvalue weighted by atomic mass is 10.1. The molecule has 0 bridgehead atoms. The summed E-state index contributed by atoms with van der Waals surface area (Å²) in [7, 11) is 0. The van der Waals surface area contributed by atoms with Gasteiger partial charge in [-0.2, -0.15) is 0 Å². The lowest BCUT2D eigenvalue weighted by Crippen LogP contribution is -2.19. The molecular weight excluding hydrogens is 245 g/mol. The van der Waals surface area contributed by atoms with Crippen molar-refractivity contribution in [1.82, 2.24) is 5.32 Å². The smallest absolute Gasteiger partial charge is 0.123 e. The summed E-state index contributed by atoms with van der Waals surface area (Å²) in [6.45, 7) is 6.47. The molecule has 3 heteroatoms. The van der Waals surface area contributed by atoms with Crippen LogP contribution in [0.15, 0.2) is 35.3 Å². The summed E-state index contributed by atoms with van der Waals surface area (Å²) in [5, 5.41) is 3.25. The monoisotopic (exact) mass is 257 g/mol. The van der Waals surface area contributed by atoms with E-state index in [-0.39, 0.29) is 11.9 Å². The van der Waals surface area contributed by atoms with Crippen molar-refractivity contribution in [3.8, 4) is 0 Å². The van der Waals surface area contributed by atoms with E-state index >= 15 is 0 Å². The van der Waals surface area contributed by atoms with Crippen LogP contribution in [0, 0.1) is 5.82 Å². The van der Waals surface area contributed by atoms with Gasteiger partial charge in [0.25, 0.3) is 0 Å². The molecule has 0 unspecified atom stereocenters. The molecule has 0 saturated heterocycles. The first-order valence-corrected chi connectivity index (χ1v) is 5.21. The van der Waals surface area contributed by atoms with Crippen LogP contribution in [0.1, 0.15) is 18.5 Å². The van der Waals surface area contributed by atoms with Crippen molar-refractivity contribution in [3.05, 3.63) is 46.7 Å². The zero-order chi connectivity index (χ0) is 10.6. The summed E-state index contributed by atoms with van der Waals surface area (Å²) >= 11 is 3.27. The van der Waals surface area contributed by atoms with E-state index in [9.17, 15) is 4.39 Å². The summed E-state index contributed by atoms with van der Waals surface area (Å²) in [5.41, 5.74) is 1.07. The minimum absolute atomic E-state index is 0.199. The highest BCUT2D eigenvalue weighted by molar-refractivity contribution is 9.11. The largest absolute Gasteiger partial charge is 0.306 e. The Morgan fingerprint density at radius 1 is 1.50 bits per heavy atom. The second-order valence-electron chi connectivity index (χ2n) is 3.17. The number of halogens is 2. The topological polar surface area (TPSA) is 12.0 Å². The minimum atomic E-state index is -0.203. The molecule has 1 nitrogen and oxygen atoms in total. The number of hydrogen-bond acceptors (Lipinski definition) is 1. The lowest BCUT2D eigenvalue weighted by molar-refractivity contribution is 0.604. The number of hydrogen-bond donors (Lipinski definition) is 1. The Kier molecular flexibility index (Phi) is 4.29. The second-order valence-corrected chi connectivity index (χ2v) is 4.29. The van der Waals surface area contributed by atoms with E-state index in [1.165, 1.54) is 12.1 Å². The van der Waals surface area contributed by atoms with E-state index < -0.39 is 0 Å². The Balaban J connectivity index is 2.56. The summed E-state index contributed by atoms with van der Waals surface area (Å²) in [5.74, 6) is -0.203. The standard InChI is InChI=1S/C11H13BrFN/c1-8(12)7-14-9(2)10-3-5-11(13)6-4-10/h3-6,9,14H,1,7H2,2H3/t9-/m1/s1. The molecule has 0 aliphatic carbocycles. The van der Waals surface area contributed by atoms with Gasteiger partial charge in [0.15, 0.2) is 0 Å². The van der Waals surface area contributed by atoms with Crippen molar-refractivity contribution in [1.29, 1.82) is 0 Å². The minimum Gasteiger partial charge on any atom is -0.306 e. The van der Waals surface area contributed by atoms with E-state index in [2.05, 4.69) is 27.8 Å². The maximum atomic E-state index is 12.6. The summed E-state index contributed by atoms with van der Waals surface area (Å²) in [6.07, 6.45) is 0. The zero-order valence-corrected chi connectivity index (χ0v) is 9.64. The van der Waals surface area contributed by atoms with Gasteiger partial charge in [-0.15, -0.1) is 0 Å². The molecule has 0 aromatic heterocycles. The van der Waals surface area contributed by atoms with Gasteiger partial charge in [-0.1, -0.05) is 34.6 Å². The van der Waals surface area contributed by atoms with Crippen LogP contribution < -0.4 is 5.32 Å². The van der Waals surface area contributed by atoms with Crippen LogP contribution in [0.3, 0.4) is 0 Å². The molecular formula is C11H13BrFN. The Bertz CT molecular complexity index is 308. The summed E-state index contributed by atoms with van der Waals surface area (Å²) < 4.78 is 13.5. The van der Waals surface area contributed by atoms with Gasteiger partial charge >= 0.3 is 0 Å². The normalized spacial score (nSPS) is 12.5. The second kappa shape index (κ2) is 5.27. The quantitative estimate of drug-likeness (QED) is 0.872. The number of nitrogens with one attached hydrogen (secondary N) is 1. The van der Waals surface area contributed by atoms with Crippen LogP contribution in [-0.2, 0) is 0 Å². The predicted molar refractivity (Wildman–Crippen MR) is 60.9 cm³/mol. The Labute approximate surface area is 92.1 Å². The first kappa shape index (κ1) is 11.4. The highest BCUT2D eigenvalue weighted by Gasteiger charge is 2.03. The fraction of sp³-hybridized carbons (Fsp3) is 0.273. The number of benzene rings is 1. The Morgan fingerprint density at radius 3 is 2.57 bits per heavy atom. The van der Waals surface area contributed by atoms with Crippen LogP contribution in [-0.4, -0.2) is 6.54 Å². The Hall–Kier alpha value is -0.670. The van der Waals surface area contributed by atoms with Crippen molar-refractivity contribution >= 4 is 15.9 Å². The number of rotatable bonds is 4. The zero-order valence-electron chi connectivity index (χ0n) is 8.06. The average molecular weight is 258 g/mol. The van der Waals surface area contributed by atoms with E-state index in [4.69, 9.17) is 0 Å². The molecule has 1 N–H and O–H groups in total. The van der Waals surface area contributed by atoms with Gasteiger partial charge in [0.2, 0.25) is 0 Å². The third-order valence-electron chi connectivity index (χ3n) is 1.97. The van der Waals surface area contributed by atoms with Gasteiger partial charge in [0.1, 0.15) is 5.82 Å².